The highest BCUT2D eigenvalue weighted by Gasteiger charge is 2.71. The number of carbonyl (C=O) groups is 3. The van der Waals surface area contributed by atoms with Gasteiger partial charge in [0.1, 0.15) is 17.4 Å². The molecule has 1 aromatic carbocycles. The molecular formula is C33H44N4O7. The van der Waals surface area contributed by atoms with E-state index in [9.17, 15) is 19.5 Å². The second kappa shape index (κ2) is 13.4. The van der Waals surface area contributed by atoms with Gasteiger partial charge in [-0.3, -0.25) is 19.3 Å². The largest absolute Gasteiger partial charge is 0.494 e. The molecule has 44 heavy (non-hydrogen) atoms. The van der Waals surface area contributed by atoms with Crippen molar-refractivity contribution >= 4 is 23.4 Å². The van der Waals surface area contributed by atoms with Gasteiger partial charge in [0.25, 0.3) is 0 Å². The van der Waals surface area contributed by atoms with Crippen molar-refractivity contribution < 1.29 is 33.7 Å². The Bertz CT molecular complexity index is 1260. The molecule has 6 rings (SSSR count). The maximum atomic E-state index is 14.4. The first-order valence-corrected chi connectivity index (χ1v) is 16.0. The number of hydrogen-bond donors (Lipinski definition) is 1. The molecule has 1 spiro atoms. The number of rotatable bonds is 11. The Kier molecular flexibility index (Phi) is 9.37. The van der Waals surface area contributed by atoms with Crippen molar-refractivity contribution in [3.63, 3.8) is 0 Å². The van der Waals surface area contributed by atoms with Crippen LogP contribution in [0.15, 0.2) is 48.6 Å². The van der Waals surface area contributed by atoms with Crippen molar-refractivity contribution in [1.82, 2.24) is 14.7 Å². The minimum Gasteiger partial charge on any atom is -0.494 e. The van der Waals surface area contributed by atoms with Crippen LogP contribution in [0.5, 0.6) is 5.75 Å². The molecule has 5 aliphatic heterocycles. The molecule has 11 heteroatoms. The first-order valence-electron chi connectivity index (χ1n) is 16.0. The third-order valence-electron chi connectivity index (χ3n) is 9.55. The second-order valence-electron chi connectivity index (χ2n) is 12.1. The average Bonchev–Trinajstić information content (AvgIpc) is 3.35. The molecule has 0 saturated carbocycles. The zero-order valence-corrected chi connectivity index (χ0v) is 25.5. The number of likely N-dealkylation sites (tertiary alicyclic amines) is 1. The number of aliphatic hydroxyl groups is 1. The Morgan fingerprint density at radius 1 is 0.932 bits per heavy atom. The standard InChI is InChI=1S/C33H44N4O7/c1-2-43-25-11-9-24(10-12-25)36-16-6-8-26-27(30(36)39)28-31(40)37(15-4-3-5-21-38)29-32(41)35(14-7-13-33(28,29)44-26)18-17-34-19-22-42-23-20-34/h6-13,26-29,38H,2-5,14-23H2,1H3/t26-,27+,28-,29?,33-/m0/s1. The summed E-state index contributed by atoms with van der Waals surface area (Å²) in [5, 5.41) is 9.32. The van der Waals surface area contributed by atoms with Crippen molar-refractivity contribution in [3.05, 3.63) is 48.6 Å². The van der Waals surface area contributed by atoms with Crippen LogP contribution in [0, 0.1) is 11.8 Å². The second-order valence-corrected chi connectivity index (χ2v) is 12.1. The summed E-state index contributed by atoms with van der Waals surface area (Å²) in [5.74, 6) is -1.41. The van der Waals surface area contributed by atoms with Crippen LogP contribution in [-0.4, -0.2) is 128 Å². The molecule has 0 aromatic heterocycles. The number of morpholine rings is 1. The summed E-state index contributed by atoms with van der Waals surface area (Å²) < 4.78 is 17.8. The SMILES string of the molecule is CCOc1ccc(N2CC=C[C@@H]3O[C@]45C=CCN(CCN6CCOCC6)C(=O)C4N(CCCCCO)C(=O)[C@@H]5[C@@H]3C2=O)cc1. The zero-order valence-electron chi connectivity index (χ0n) is 25.5. The van der Waals surface area contributed by atoms with Crippen molar-refractivity contribution in [2.24, 2.45) is 11.8 Å². The number of hydrogen-bond acceptors (Lipinski definition) is 8. The number of ether oxygens (including phenoxy) is 3. The Morgan fingerprint density at radius 2 is 1.73 bits per heavy atom. The molecule has 5 heterocycles. The summed E-state index contributed by atoms with van der Waals surface area (Å²) in [6.45, 7) is 7.97. The van der Waals surface area contributed by atoms with Gasteiger partial charge in [-0.2, -0.15) is 0 Å². The van der Waals surface area contributed by atoms with E-state index < -0.39 is 29.6 Å². The third kappa shape index (κ3) is 5.66. The number of nitrogens with zero attached hydrogens (tertiary/aromatic N) is 4. The van der Waals surface area contributed by atoms with Crippen LogP contribution >= 0.6 is 0 Å². The van der Waals surface area contributed by atoms with E-state index in [1.807, 2.05) is 60.4 Å². The Morgan fingerprint density at radius 3 is 2.48 bits per heavy atom. The van der Waals surface area contributed by atoms with Crippen LogP contribution in [-0.2, 0) is 23.9 Å². The van der Waals surface area contributed by atoms with Gasteiger partial charge in [-0.05, 0) is 50.5 Å². The van der Waals surface area contributed by atoms with Crippen LogP contribution < -0.4 is 9.64 Å². The Labute approximate surface area is 259 Å². The lowest BCUT2D eigenvalue weighted by Crippen LogP contribution is -2.56. The minimum atomic E-state index is -1.24. The third-order valence-corrected chi connectivity index (χ3v) is 9.55. The summed E-state index contributed by atoms with van der Waals surface area (Å²) in [6, 6.07) is 6.54. The van der Waals surface area contributed by atoms with E-state index >= 15 is 0 Å². The zero-order chi connectivity index (χ0) is 30.7. The number of amides is 3. The van der Waals surface area contributed by atoms with Crippen molar-refractivity contribution in [2.45, 2.75) is 43.9 Å². The number of anilines is 1. The minimum absolute atomic E-state index is 0.0794. The molecule has 3 fully saturated rings. The summed E-state index contributed by atoms with van der Waals surface area (Å²) >= 11 is 0. The quantitative estimate of drug-likeness (QED) is 0.297. The fourth-order valence-electron chi connectivity index (χ4n) is 7.40. The predicted octanol–water partition coefficient (Wildman–Crippen LogP) is 1.46. The van der Waals surface area contributed by atoms with Gasteiger partial charge < -0.3 is 34.0 Å². The molecule has 5 atom stereocenters. The lowest BCUT2D eigenvalue weighted by Gasteiger charge is -2.36. The lowest BCUT2D eigenvalue weighted by molar-refractivity contribution is -0.147. The van der Waals surface area contributed by atoms with Crippen molar-refractivity contribution in [2.75, 3.05) is 77.1 Å². The highest BCUT2D eigenvalue weighted by Crippen LogP contribution is 2.53. The average molecular weight is 609 g/mol. The Balaban J connectivity index is 1.30. The first-order chi connectivity index (χ1) is 21.5. The van der Waals surface area contributed by atoms with E-state index in [0.29, 0.717) is 64.5 Å². The van der Waals surface area contributed by atoms with Gasteiger partial charge in [0, 0.05) is 58.1 Å². The van der Waals surface area contributed by atoms with Crippen molar-refractivity contribution in [1.29, 1.82) is 0 Å². The molecule has 1 unspecified atom stereocenters. The van der Waals surface area contributed by atoms with Crippen LogP contribution in [0.4, 0.5) is 5.69 Å². The van der Waals surface area contributed by atoms with Gasteiger partial charge in [-0.1, -0.05) is 24.3 Å². The van der Waals surface area contributed by atoms with Gasteiger partial charge in [0.15, 0.2) is 0 Å². The maximum absolute atomic E-state index is 14.4. The Hall–Kier alpha value is -3.25. The monoisotopic (exact) mass is 608 g/mol. The number of aliphatic hydroxyl groups excluding tert-OH is 1. The molecule has 3 saturated heterocycles. The fraction of sp³-hybridized carbons (Fsp3) is 0.606. The van der Waals surface area contributed by atoms with Crippen LogP contribution in [0.2, 0.25) is 0 Å². The predicted molar refractivity (Wildman–Crippen MR) is 163 cm³/mol. The van der Waals surface area contributed by atoms with Crippen molar-refractivity contribution in [3.8, 4) is 5.75 Å². The summed E-state index contributed by atoms with van der Waals surface area (Å²) in [4.78, 5) is 50.7. The molecular weight excluding hydrogens is 564 g/mol. The van der Waals surface area contributed by atoms with Gasteiger partial charge in [0.2, 0.25) is 17.7 Å². The smallest absolute Gasteiger partial charge is 0.249 e. The number of benzene rings is 1. The van der Waals surface area contributed by atoms with E-state index in [1.54, 1.807) is 9.80 Å². The summed E-state index contributed by atoms with van der Waals surface area (Å²) in [7, 11) is 0. The normalized spacial score (nSPS) is 30.3. The first kappa shape index (κ1) is 30.8. The molecule has 0 bridgehead atoms. The van der Waals surface area contributed by atoms with Crippen LogP contribution in [0.25, 0.3) is 0 Å². The number of carbonyl (C=O) groups excluding carboxylic acids is 3. The molecule has 3 amide bonds. The molecule has 0 radical (unpaired) electrons. The van der Waals surface area contributed by atoms with E-state index in [1.165, 1.54) is 0 Å². The van der Waals surface area contributed by atoms with E-state index in [0.717, 1.165) is 31.8 Å². The summed E-state index contributed by atoms with van der Waals surface area (Å²) in [5.41, 5.74) is -0.523. The molecule has 238 valence electrons. The van der Waals surface area contributed by atoms with E-state index in [2.05, 4.69) is 4.90 Å². The fourth-order valence-corrected chi connectivity index (χ4v) is 7.40. The van der Waals surface area contributed by atoms with Gasteiger partial charge >= 0.3 is 0 Å². The van der Waals surface area contributed by atoms with Gasteiger partial charge in [-0.25, -0.2) is 0 Å². The van der Waals surface area contributed by atoms with E-state index in [4.69, 9.17) is 14.2 Å². The van der Waals surface area contributed by atoms with Crippen LogP contribution in [0.1, 0.15) is 26.2 Å². The highest BCUT2D eigenvalue weighted by molar-refractivity contribution is 6.03. The van der Waals surface area contributed by atoms with Gasteiger partial charge in [-0.15, -0.1) is 0 Å². The highest BCUT2D eigenvalue weighted by atomic mass is 16.5. The maximum Gasteiger partial charge on any atom is 0.249 e. The number of unbranched alkanes of at least 4 members (excludes halogenated alkanes) is 2. The number of fused-ring (bicyclic) bond motifs is 2. The van der Waals surface area contributed by atoms with Crippen LogP contribution in [0.3, 0.4) is 0 Å². The molecule has 11 nitrogen and oxygen atoms in total. The molecule has 0 aliphatic carbocycles. The van der Waals surface area contributed by atoms with Gasteiger partial charge in [0.05, 0.1) is 37.8 Å². The molecule has 1 aromatic rings. The molecule has 1 N–H and O–H groups in total. The summed E-state index contributed by atoms with van der Waals surface area (Å²) in [6.07, 6.45) is 9.03. The van der Waals surface area contributed by atoms with E-state index in [-0.39, 0.29) is 24.3 Å². The topological polar surface area (TPSA) is 112 Å². The molecule has 5 aliphatic rings. The lowest BCUT2D eigenvalue weighted by atomic mass is 9.77.